The van der Waals surface area contributed by atoms with E-state index in [0.717, 1.165) is 28.9 Å². The van der Waals surface area contributed by atoms with E-state index in [9.17, 15) is 9.59 Å². The number of carbonyl (C=O) groups is 2. The van der Waals surface area contributed by atoms with Gasteiger partial charge >= 0.3 is 0 Å². The van der Waals surface area contributed by atoms with Crippen molar-refractivity contribution in [2.75, 3.05) is 13.7 Å². The van der Waals surface area contributed by atoms with Crippen molar-refractivity contribution in [1.82, 2.24) is 10.2 Å². The number of nitrogens with zero attached hydrogens (tertiary/aromatic N) is 1. The van der Waals surface area contributed by atoms with Crippen LogP contribution in [0.1, 0.15) is 43.4 Å². The Balaban J connectivity index is 2.27. The van der Waals surface area contributed by atoms with Crippen LogP contribution in [0.25, 0.3) is 0 Å². The summed E-state index contributed by atoms with van der Waals surface area (Å²) in [4.78, 5) is 27.7. The first kappa shape index (κ1) is 22.5. The molecule has 2 aromatic carbocycles. The van der Waals surface area contributed by atoms with Crippen LogP contribution in [-0.2, 0) is 22.6 Å². The van der Waals surface area contributed by atoms with Crippen molar-refractivity contribution in [1.29, 1.82) is 0 Å². The lowest BCUT2D eigenvalue weighted by Gasteiger charge is -2.31. The highest BCUT2D eigenvalue weighted by Gasteiger charge is 2.28. The summed E-state index contributed by atoms with van der Waals surface area (Å²) < 4.78 is 5.31. The van der Waals surface area contributed by atoms with E-state index in [4.69, 9.17) is 4.74 Å². The Bertz CT molecular complexity index is 802. The molecule has 5 heteroatoms. The second-order valence-electron chi connectivity index (χ2n) is 7.25. The first-order valence-corrected chi connectivity index (χ1v) is 10.2. The monoisotopic (exact) mass is 396 g/mol. The molecule has 0 saturated heterocycles. The lowest BCUT2D eigenvalue weighted by molar-refractivity contribution is -0.140. The molecule has 0 spiro atoms. The van der Waals surface area contributed by atoms with Crippen LogP contribution in [-0.4, -0.2) is 36.4 Å². The molecule has 156 valence electrons. The Morgan fingerprint density at radius 1 is 1.07 bits per heavy atom. The Labute approximate surface area is 174 Å². The highest BCUT2D eigenvalue weighted by Crippen LogP contribution is 2.18. The molecule has 0 fully saturated rings. The minimum Gasteiger partial charge on any atom is -0.497 e. The van der Waals surface area contributed by atoms with Gasteiger partial charge in [-0.15, -0.1) is 0 Å². The van der Waals surface area contributed by atoms with Gasteiger partial charge in [0.2, 0.25) is 11.8 Å². The maximum atomic E-state index is 13.2. The van der Waals surface area contributed by atoms with Crippen LogP contribution in [0, 0.1) is 6.92 Å². The highest BCUT2D eigenvalue weighted by atomic mass is 16.5. The fourth-order valence-electron chi connectivity index (χ4n) is 3.24. The molecule has 29 heavy (non-hydrogen) atoms. The summed E-state index contributed by atoms with van der Waals surface area (Å²) >= 11 is 0. The van der Waals surface area contributed by atoms with Crippen LogP contribution in [0.3, 0.4) is 0 Å². The first-order chi connectivity index (χ1) is 14.0. The average Bonchev–Trinajstić information content (AvgIpc) is 2.73. The normalized spacial score (nSPS) is 11.6. The number of ether oxygens (including phenoxy) is 1. The van der Waals surface area contributed by atoms with Crippen molar-refractivity contribution in [3.63, 3.8) is 0 Å². The largest absolute Gasteiger partial charge is 0.497 e. The van der Waals surface area contributed by atoms with E-state index in [1.165, 1.54) is 0 Å². The van der Waals surface area contributed by atoms with Crippen molar-refractivity contribution in [2.24, 2.45) is 0 Å². The maximum Gasteiger partial charge on any atom is 0.242 e. The van der Waals surface area contributed by atoms with Crippen LogP contribution < -0.4 is 10.1 Å². The lowest BCUT2D eigenvalue weighted by atomic mass is 10.1. The number of rotatable bonds is 10. The molecule has 0 aliphatic carbocycles. The molecule has 0 aromatic heterocycles. The smallest absolute Gasteiger partial charge is 0.242 e. The number of aryl methyl sites for hydroxylation is 1. The van der Waals surface area contributed by atoms with Gasteiger partial charge in [-0.25, -0.2) is 0 Å². The number of hydrogen-bond donors (Lipinski definition) is 1. The molecule has 2 rings (SSSR count). The summed E-state index contributed by atoms with van der Waals surface area (Å²) in [5, 5.41) is 2.94. The SMILES string of the molecule is CCCNC(=O)C(CC)N(Cc1cccc(OC)c1)C(=O)Cc1ccc(C)cc1. The minimum absolute atomic E-state index is 0.0600. The number of carbonyl (C=O) groups excluding carboxylic acids is 2. The van der Waals surface area contributed by atoms with E-state index in [0.29, 0.717) is 19.5 Å². The van der Waals surface area contributed by atoms with E-state index in [-0.39, 0.29) is 18.2 Å². The van der Waals surface area contributed by atoms with Crippen LogP contribution in [0.5, 0.6) is 5.75 Å². The van der Waals surface area contributed by atoms with Gasteiger partial charge in [0, 0.05) is 13.1 Å². The quantitative estimate of drug-likeness (QED) is 0.663. The number of benzene rings is 2. The predicted molar refractivity (Wildman–Crippen MR) is 116 cm³/mol. The Morgan fingerprint density at radius 2 is 1.79 bits per heavy atom. The Morgan fingerprint density at radius 3 is 2.41 bits per heavy atom. The molecule has 1 unspecified atom stereocenters. The van der Waals surface area contributed by atoms with Crippen LogP contribution in [0.4, 0.5) is 0 Å². The third kappa shape index (κ3) is 6.63. The fraction of sp³-hybridized carbons (Fsp3) is 0.417. The second-order valence-corrected chi connectivity index (χ2v) is 7.25. The van der Waals surface area contributed by atoms with Crippen molar-refractivity contribution < 1.29 is 14.3 Å². The Hall–Kier alpha value is -2.82. The summed E-state index contributed by atoms with van der Waals surface area (Å²) in [6, 6.07) is 15.0. The highest BCUT2D eigenvalue weighted by molar-refractivity contribution is 5.88. The van der Waals surface area contributed by atoms with E-state index in [1.807, 2.05) is 69.3 Å². The van der Waals surface area contributed by atoms with Crippen molar-refractivity contribution in [3.05, 3.63) is 65.2 Å². The molecule has 0 aliphatic rings. The van der Waals surface area contributed by atoms with E-state index < -0.39 is 6.04 Å². The van der Waals surface area contributed by atoms with Gasteiger partial charge in [-0.05, 0) is 43.0 Å². The molecule has 2 amide bonds. The summed E-state index contributed by atoms with van der Waals surface area (Å²) in [5.74, 6) is 0.571. The number of amides is 2. The zero-order valence-corrected chi connectivity index (χ0v) is 17.9. The fourth-order valence-corrected chi connectivity index (χ4v) is 3.24. The molecule has 0 saturated carbocycles. The van der Waals surface area contributed by atoms with Crippen LogP contribution in [0.2, 0.25) is 0 Å². The number of nitrogens with one attached hydrogen (secondary N) is 1. The molecule has 1 N–H and O–H groups in total. The zero-order chi connectivity index (χ0) is 21.2. The van der Waals surface area contributed by atoms with Gasteiger partial charge in [-0.1, -0.05) is 55.8 Å². The van der Waals surface area contributed by atoms with Crippen molar-refractivity contribution >= 4 is 11.8 Å². The van der Waals surface area contributed by atoms with Gasteiger partial charge in [0.05, 0.1) is 13.5 Å². The Kier molecular flexibility index (Phi) is 8.71. The van der Waals surface area contributed by atoms with E-state index in [1.54, 1.807) is 12.0 Å². The van der Waals surface area contributed by atoms with Gasteiger partial charge < -0.3 is 15.0 Å². The van der Waals surface area contributed by atoms with Gasteiger partial charge in [0.15, 0.2) is 0 Å². The van der Waals surface area contributed by atoms with Gasteiger partial charge in [-0.3, -0.25) is 9.59 Å². The lowest BCUT2D eigenvalue weighted by Crippen LogP contribution is -2.49. The van der Waals surface area contributed by atoms with Crippen molar-refractivity contribution in [3.8, 4) is 5.75 Å². The topological polar surface area (TPSA) is 58.6 Å². The van der Waals surface area contributed by atoms with Crippen molar-refractivity contribution in [2.45, 2.75) is 52.6 Å². The first-order valence-electron chi connectivity index (χ1n) is 10.2. The average molecular weight is 397 g/mol. The second kappa shape index (κ2) is 11.2. The molecule has 0 bridgehead atoms. The van der Waals surface area contributed by atoms with Gasteiger partial charge in [0.25, 0.3) is 0 Å². The summed E-state index contributed by atoms with van der Waals surface area (Å²) in [7, 11) is 1.62. The molecule has 0 heterocycles. The van der Waals surface area contributed by atoms with E-state index >= 15 is 0 Å². The molecule has 1 atom stereocenters. The predicted octanol–water partition coefficient (Wildman–Crippen LogP) is 3.88. The van der Waals surface area contributed by atoms with Gasteiger partial charge in [0.1, 0.15) is 11.8 Å². The maximum absolute atomic E-state index is 13.2. The van der Waals surface area contributed by atoms with Crippen LogP contribution in [0.15, 0.2) is 48.5 Å². The van der Waals surface area contributed by atoms with Crippen LogP contribution >= 0.6 is 0 Å². The molecule has 0 radical (unpaired) electrons. The third-order valence-corrected chi connectivity index (χ3v) is 4.90. The number of hydrogen-bond acceptors (Lipinski definition) is 3. The minimum atomic E-state index is -0.509. The summed E-state index contributed by atoms with van der Waals surface area (Å²) in [6.45, 7) is 6.94. The standard InChI is InChI=1S/C24H32N2O3/c1-5-14-25-24(28)22(6-2)26(17-20-8-7-9-21(15-20)29-4)23(27)16-19-12-10-18(3)11-13-19/h7-13,15,22H,5-6,14,16-17H2,1-4H3,(H,25,28). The zero-order valence-electron chi connectivity index (χ0n) is 17.9. The molecule has 5 nitrogen and oxygen atoms in total. The number of methoxy groups -OCH3 is 1. The molecular formula is C24H32N2O3. The molecular weight excluding hydrogens is 364 g/mol. The summed E-state index contributed by atoms with van der Waals surface area (Å²) in [6.07, 6.45) is 1.68. The van der Waals surface area contributed by atoms with E-state index in [2.05, 4.69) is 5.32 Å². The third-order valence-electron chi connectivity index (χ3n) is 4.90. The van der Waals surface area contributed by atoms with Gasteiger partial charge in [-0.2, -0.15) is 0 Å². The molecule has 0 aliphatic heterocycles. The summed E-state index contributed by atoms with van der Waals surface area (Å²) in [5.41, 5.74) is 3.03. The molecule has 2 aromatic rings.